The van der Waals surface area contributed by atoms with Crippen molar-refractivity contribution in [2.45, 2.75) is 51.7 Å². The zero-order chi connectivity index (χ0) is 17.4. The number of hydrogen-bond donors (Lipinski definition) is 0. The van der Waals surface area contributed by atoms with E-state index in [1.165, 1.54) is 5.52 Å². The fourth-order valence-corrected chi connectivity index (χ4v) is 4.29. The number of hydrogen-bond acceptors (Lipinski definition) is 3. The van der Waals surface area contributed by atoms with Gasteiger partial charge in [0.05, 0.1) is 11.0 Å². The Balaban J connectivity index is 1.50. The van der Waals surface area contributed by atoms with Crippen molar-refractivity contribution >= 4 is 16.9 Å². The molecule has 2 aliphatic rings. The number of carbonyl (C=O) groups is 1. The van der Waals surface area contributed by atoms with Crippen molar-refractivity contribution in [2.75, 3.05) is 19.7 Å². The SMILES string of the molecule is CCc1nc2ccccc2n1C1CCN(C(=O)[C@H]2OCC[C@H]2C)CC1. The van der Waals surface area contributed by atoms with Gasteiger partial charge in [-0.15, -0.1) is 0 Å². The van der Waals surface area contributed by atoms with Gasteiger partial charge in [-0.1, -0.05) is 26.0 Å². The Morgan fingerprint density at radius 1 is 1.24 bits per heavy atom. The number of amides is 1. The highest BCUT2D eigenvalue weighted by Gasteiger charge is 2.36. The molecule has 4 rings (SSSR count). The zero-order valence-corrected chi connectivity index (χ0v) is 15.1. The first kappa shape index (κ1) is 16.6. The van der Waals surface area contributed by atoms with E-state index < -0.39 is 0 Å². The molecule has 2 aliphatic heterocycles. The van der Waals surface area contributed by atoms with Crippen LogP contribution < -0.4 is 0 Å². The fourth-order valence-electron chi connectivity index (χ4n) is 4.29. The number of imidazole rings is 1. The first-order valence-electron chi connectivity index (χ1n) is 9.55. The molecule has 0 radical (unpaired) electrons. The van der Waals surface area contributed by atoms with Crippen LogP contribution in [0.5, 0.6) is 0 Å². The van der Waals surface area contributed by atoms with Crippen molar-refractivity contribution in [1.29, 1.82) is 0 Å². The number of ether oxygens (including phenoxy) is 1. The lowest BCUT2D eigenvalue weighted by Crippen LogP contribution is -2.45. The highest BCUT2D eigenvalue weighted by atomic mass is 16.5. The van der Waals surface area contributed by atoms with Crippen molar-refractivity contribution in [3.8, 4) is 0 Å². The summed E-state index contributed by atoms with van der Waals surface area (Å²) in [6.45, 7) is 6.62. The van der Waals surface area contributed by atoms with E-state index in [4.69, 9.17) is 9.72 Å². The fraction of sp³-hybridized carbons (Fsp3) is 0.600. The summed E-state index contributed by atoms with van der Waals surface area (Å²) >= 11 is 0. The third-order valence-corrected chi connectivity index (χ3v) is 5.76. The largest absolute Gasteiger partial charge is 0.368 e. The first-order chi connectivity index (χ1) is 12.2. The summed E-state index contributed by atoms with van der Waals surface area (Å²) in [6.07, 6.45) is 3.67. The number of aryl methyl sites for hydroxylation is 1. The van der Waals surface area contributed by atoms with Crippen LogP contribution >= 0.6 is 0 Å². The molecule has 1 amide bonds. The molecule has 0 aliphatic carbocycles. The third-order valence-electron chi connectivity index (χ3n) is 5.76. The lowest BCUT2D eigenvalue weighted by atomic mass is 10.00. The van der Waals surface area contributed by atoms with Gasteiger partial charge >= 0.3 is 0 Å². The maximum Gasteiger partial charge on any atom is 0.251 e. The number of fused-ring (bicyclic) bond motifs is 1. The quantitative estimate of drug-likeness (QED) is 0.861. The standard InChI is InChI=1S/C20H27N3O2/c1-3-18-21-16-6-4-5-7-17(16)23(18)15-8-11-22(12-9-15)20(24)19-14(2)10-13-25-19/h4-7,14-15,19H,3,8-13H2,1-2H3/t14-,19+/m1/s1. The van der Waals surface area contributed by atoms with Crippen LogP contribution in [0.2, 0.25) is 0 Å². The maximum atomic E-state index is 12.7. The molecule has 1 aromatic heterocycles. The summed E-state index contributed by atoms with van der Waals surface area (Å²) < 4.78 is 8.08. The molecule has 0 spiro atoms. The Labute approximate surface area is 149 Å². The number of nitrogens with zero attached hydrogens (tertiary/aromatic N) is 3. The van der Waals surface area contributed by atoms with Crippen LogP contribution in [0.15, 0.2) is 24.3 Å². The number of rotatable bonds is 3. The van der Waals surface area contributed by atoms with Crippen LogP contribution in [0, 0.1) is 5.92 Å². The summed E-state index contributed by atoms with van der Waals surface area (Å²) in [7, 11) is 0. The molecule has 5 nitrogen and oxygen atoms in total. The van der Waals surface area contributed by atoms with Crippen LogP contribution in [-0.4, -0.2) is 46.2 Å². The maximum absolute atomic E-state index is 12.7. The number of aromatic nitrogens is 2. The summed E-state index contributed by atoms with van der Waals surface area (Å²) in [4.78, 5) is 19.5. The van der Waals surface area contributed by atoms with Crippen LogP contribution in [0.4, 0.5) is 0 Å². The van der Waals surface area contributed by atoms with E-state index in [2.05, 4.69) is 36.6 Å². The molecule has 0 saturated carbocycles. The normalized spacial score (nSPS) is 25.0. The van der Waals surface area contributed by atoms with Crippen molar-refractivity contribution in [3.63, 3.8) is 0 Å². The predicted octanol–water partition coefficient (Wildman–Crippen LogP) is 3.19. The molecule has 2 atom stereocenters. The molecule has 25 heavy (non-hydrogen) atoms. The van der Waals surface area contributed by atoms with Crippen molar-refractivity contribution in [1.82, 2.24) is 14.5 Å². The Kier molecular flexibility index (Phi) is 4.50. The molecule has 0 bridgehead atoms. The Hall–Kier alpha value is -1.88. The van der Waals surface area contributed by atoms with E-state index in [-0.39, 0.29) is 12.0 Å². The topological polar surface area (TPSA) is 47.4 Å². The molecule has 5 heteroatoms. The number of benzene rings is 1. The zero-order valence-electron chi connectivity index (χ0n) is 15.1. The van der Waals surface area contributed by atoms with Gasteiger partial charge in [-0.2, -0.15) is 0 Å². The number of para-hydroxylation sites is 2. The van der Waals surface area contributed by atoms with Crippen molar-refractivity contribution in [3.05, 3.63) is 30.1 Å². The molecule has 3 heterocycles. The Morgan fingerprint density at radius 3 is 2.68 bits per heavy atom. The lowest BCUT2D eigenvalue weighted by molar-refractivity contribution is -0.143. The average molecular weight is 341 g/mol. The second-order valence-electron chi connectivity index (χ2n) is 7.35. The molecule has 2 fully saturated rings. The average Bonchev–Trinajstić information content (AvgIpc) is 3.24. The second kappa shape index (κ2) is 6.79. The number of carbonyl (C=O) groups excluding carboxylic acids is 1. The first-order valence-corrected chi connectivity index (χ1v) is 9.55. The lowest BCUT2D eigenvalue weighted by Gasteiger charge is -2.35. The van der Waals surface area contributed by atoms with Gasteiger partial charge < -0.3 is 14.2 Å². The van der Waals surface area contributed by atoms with Gasteiger partial charge in [-0.25, -0.2) is 4.98 Å². The molecule has 2 aromatic rings. The van der Waals surface area contributed by atoms with Gasteiger partial charge in [0.2, 0.25) is 0 Å². The van der Waals surface area contributed by atoms with E-state index in [1.807, 2.05) is 11.0 Å². The Morgan fingerprint density at radius 2 is 2.00 bits per heavy atom. The minimum absolute atomic E-state index is 0.189. The van der Waals surface area contributed by atoms with Gasteiger partial charge in [0, 0.05) is 32.2 Å². The van der Waals surface area contributed by atoms with Gasteiger partial charge in [0.25, 0.3) is 5.91 Å². The van der Waals surface area contributed by atoms with Crippen LogP contribution in [0.1, 0.15) is 45.0 Å². The Bertz CT molecular complexity index is 761. The van der Waals surface area contributed by atoms with Crippen molar-refractivity contribution < 1.29 is 9.53 Å². The molecule has 0 N–H and O–H groups in total. The van der Waals surface area contributed by atoms with Gasteiger partial charge in [-0.05, 0) is 37.3 Å². The number of piperidine rings is 1. The monoisotopic (exact) mass is 341 g/mol. The summed E-state index contributed by atoms with van der Waals surface area (Å²) in [5.74, 6) is 1.68. The van der Waals surface area contributed by atoms with Gasteiger partial charge in [-0.3, -0.25) is 4.79 Å². The van der Waals surface area contributed by atoms with Gasteiger partial charge in [0.15, 0.2) is 0 Å². The van der Waals surface area contributed by atoms with Crippen LogP contribution in [-0.2, 0) is 16.0 Å². The summed E-state index contributed by atoms with van der Waals surface area (Å²) in [6, 6.07) is 8.80. The smallest absolute Gasteiger partial charge is 0.251 e. The van der Waals surface area contributed by atoms with E-state index in [0.717, 1.165) is 56.7 Å². The van der Waals surface area contributed by atoms with E-state index in [9.17, 15) is 4.79 Å². The molecular formula is C20H27N3O2. The molecule has 0 unspecified atom stereocenters. The molecule has 2 saturated heterocycles. The highest BCUT2D eigenvalue weighted by Crippen LogP contribution is 2.30. The van der Waals surface area contributed by atoms with Crippen molar-refractivity contribution in [2.24, 2.45) is 5.92 Å². The predicted molar refractivity (Wildman–Crippen MR) is 97.5 cm³/mol. The van der Waals surface area contributed by atoms with Gasteiger partial charge in [0.1, 0.15) is 11.9 Å². The second-order valence-corrected chi connectivity index (χ2v) is 7.35. The third kappa shape index (κ3) is 2.95. The summed E-state index contributed by atoms with van der Waals surface area (Å²) in [5, 5.41) is 0. The molecule has 1 aromatic carbocycles. The summed E-state index contributed by atoms with van der Waals surface area (Å²) in [5.41, 5.74) is 2.29. The van der Waals surface area contributed by atoms with E-state index in [0.29, 0.717) is 12.0 Å². The number of likely N-dealkylation sites (tertiary alicyclic amines) is 1. The molecular weight excluding hydrogens is 314 g/mol. The highest BCUT2D eigenvalue weighted by molar-refractivity contribution is 5.81. The van der Waals surface area contributed by atoms with E-state index in [1.54, 1.807) is 0 Å². The van der Waals surface area contributed by atoms with Crippen LogP contribution in [0.25, 0.3) is 11.0 Å². The minimum atomic E-state index is -0.225. The molecule has 134 valence electrons. The minimum Gasteiger partial charge on any atom is -0.368 e. The van der Waals surface area contributed by atoms with Crippen LogP contribution in [0.3, 0.4) is 0 Å². The van der Waals surface area contributed by atoms with E-state index >= 15 is 0 Å².